The highest BCUT2D eigenvalue weighted by molar-refractivity contribution is 9.08. The summed E-state index contributed by atoms with van der Waals surface area (Å²) in [5, 5.41) is 8.12. The molecule has 0 fully saturated rings. The maximum atomic E-state index is 11.8. The number of hydrogen-bond donors (Lipinski definition) is 1. The van der Waals surface area contributed by atoms with Gasteiger partial charge in [-0.1, -0.05) is 45.4 Å². The van der Waals surface area contributed by atoms with E-state index in [9.17, 15) is 4.79 Å². The summed E-state index contributed by atoms with van der Waals surface area (Å²) in [6.45, 7) is 10.7. The first-order valence-corrected chi connectivity index (χ1v) is 10.5. The van der Waals surface area contributed by atoms with Crippen molar-refractivity contribution in [3.63, 3.8) is 0 Å². The van der Waals surface area contributed by atoms with Crippen LogP contribution in [-0.2, 0) is 16.6 Å². The first-order valence-electron chi connectivity index (χ1n) is 8.53. The molecule has 1 N–H and O–H groups in total. The summed E-state index contributed by atoms with van der Waals surface area (Å²) in [6.07, 6.45) is -0.406. The van der Waals surface area contributed by atoms with Crippen molar-refractivity contribution >= 4 is 33.8 Å². The highest BCUT2D eigenvalue weighted by Crippen LogP contribution is 2.34. The molecule has 1 aromatic carbocycles. The van der Waals surface area contributed by atoms with Gasteiger partial charge < -0.3 is 10.1 Å². The monoisotopic (exact) mass is 439 g/mol. The number of benzene rings is 1. The third-order valence-electron chi connectivity index (χ3n) is 3.53. The molecule has 5 nitrogen and oxygen atoms in total. The van der Waals surface area contributed by atoms with Crippen LogP contribution in [0.4, 0.5) is 4.79 Å². The average molecular weight is 440 g/mol. The molecule has 0 saturated carbocycles. The van der Waals surface area contributed by atoms with Gasteiger partial charge in [0, 0.05) is 16.8 Å². The molecule has 0 atom stereocenters. The SMILES string of the molecule is Cc1ccc(Sc2c(C)nn(CCNC(=O)OC(C)(C)C)c2CBr)cc1. The quantitative estimate of drug-likeness (QED) is 0.638. The van der Waals surface area contributed by atoms with E-state index in [0.717, 1.165) is 16.3 Å². The van der Waals surface area contributed by atoms with E-state index in [-0.39, 0.29) is 0 Å². The third kappa shape index (κ3) is 6.06. The number of nitrogens with one attached hydrogen (secondary N) is 1. The number of alkyl carbamates (subject to hydrolysis) is 1. The number of amides is 1. The molecule has 7 heteroatoms. The highest BCUT2D eigenvalue weighted by Gasteiger charge is 2.17. The lowest BCUT2D eigenvalue weighted by Gasteiger charge is -2.19. The zero-order valence-electron chi connectivity index (χ0n) is 15.9. The van der Waals surface area contributed by atoms with E-state index in [2.05, 4.69) is 57.5 Å². The van der Waals surface area contributed by atoms with Gasteiger partial charge in [-0.05, 0) is 46.8 Å². The summed E-state index contributed by atoms with van der Waals surface area (Å²) in [6, 6.07) is 8.47. The molecule has 0 radical (unpaired) electrons. The lowest BCUT2D eigenvalue weighted by Crippen LogP contribution is -2.34. The van der Waals surface area contributed by atoms with Crippen molar-refractivity contribution in [2.45, 2.75) is 61.9 Å². The summed E-state index contributed by atoms with van der Waals surface area (Å²) >= 11 is 5.29. The minimum absolute atomic E-state index is 0.406. The van der Waals surface area contributed by atoms with Crippen molar-refractivity contribution in [1.29, 1.82) is 0 Å². The van der Waals surface area contributed by atoms with E-state index in [1.165, 1.54) is 10.5 Å². The number of ether oxygens (including phenoxy) is 1. The first-order chi connectivity index (χ1) is 12.2. The van der Waals surface area contributed by atoms with Gasteiger partial charge in [0.25, 0.3) is 0 Å². The second-order valence-electron chi connectivity index (χ2n) is 7.06. The lowest BCUT2D eigenvalue weighted by atomic mass is 10.2. The Morgan fingerprint density at radius 3 is 2.50 bits per heavy atom. The maximum Gasteiger partial charge on any atom is 0.407 e. The van der Waals surface area contributed by atoms with Crippen LogP contribution in [-0.4, -0.2) is 28.0 Å². The number of aryl methyl sites for hydroxylation is 2. The summed E-state index contributed by atoms with van der Waals surface area (Å²) in [4.78, 5) is 14.1. The predicted octanol–water partition coefficient (Wildman–Crippen LogP) is 5.07. The van der Waals surface area contributed by atoms with Gasteiger partial charge in [-0.15, -0.1) is 0 Å². The fraction of sp³-hybridized carbons (Fsp3) is 0.474. The van der Waals surface area contributed by atoms with Gasteiger partial charge in [-0.2, -0.15) is 5.10 Å². The third-order valence-corrected chi connectivity index (χ3v) is 5.31. The molecule has 0 bridgehead atoms. The number of rotatable bonds is 6. The van der Waals surface area contributed by atoms with Crippen LogP contribution in [0.25, 0.3) is 0 Å². The van der Waals surface area contributed by atoms with Gasteiger partial charge >= 0.3 is 6.09 Å². The summed E-state index contributed by atoms with van der Waals surface area (Å²) in [5.41, 5.74) is 2.85. The zero-order valence-corrected chi connectivity index (χ0v) is 18.3. The Balaban J connectivity index is 2.03. The lowest BCUT2D eigenvalue weighted by molar-refractivity contribution is 0.0525. The van der Waals surface area contributed by atoms with E-state index in [0.29, 0.717) is 18.4 Å². The van der Waals surface area contributed by atoms with Crippen LogP contribution < -0.4 is 5.32 Å². The Morgan fingerprint density at radius 1 is 1.27 bits per heavy atom. The van der Waals surface area contributed by atoms with Gasteiger partial charge in [0.2, 0.25) is 0 Å². The minimum Gasteiger partial charge on any atom is -0.444 e. The van der Waals surface area contributed by atoms with E-state index in [1.807, 2.05) is 32.4 Å². The minimum atomic E-state index is -0.495. The van der Waals surface area contributed by atoms with Gasteiger partial charge in [-0.3, -0.25) is 4.68 Å². The van der Waals surface area contributed by atoms with Crippen LogP contribution in [0.1, 0.15) is 37.7 Å². The number of carbonyl (C=O) groups excluding carboxylic acids is 1. The fourth-order valence-electron chi connectivity index (χ4n) is 2.36. The standard InChI is InChI=1S/C19H26BrN3O2S/c1-13-6-8-15(9-7-13)26-17-14(2)22-23(16(17)12-20)11-10-21-18(24)25-19(3,4)5/h6-9H,10-12H2,1-5H3,(H,21,24). The van der Waals surface area contributed by atoms with Crippen molar-refractivity contribution in [2.24, 2.45) is 0 Å². The van der Waals surface area contributed by atoms with Crippen molar-refractivity contribution in [3.8, 4) is 0 Å². The van der Waals surface area contributed by atoms with Crippen molar-refractivity contribution < 1.29 is 9.53 Å². The fourth-order valence-corrected chi connectivity index (χ4v) is 4.11. The molecule has 2 rings (SSSR count). The second-order valence-corrected chi connectivity index (χ2v) is 8.71. The van der Waals surface area contributed by atoms with Crippen LogP contribution >= 0.6 is 27.7 Å². The Bertz CT molecular complexity index is 751. The van der Waals surface area contributed by atoms with Crippen LogP contribution in [0.15, 0.2) is 34.1 Å². The van der Waals surface area contributed by atoms with Gasteiger partial charge in [0.15, 0.2) is 0 Å². The summed E-state index contributed by atoms with van der Waals surface area (Å²) < 4.78 is 7.20. The van der Waals surface area contributed by atoms with Gasteiger partial charge in [-0.25, -0.2) is 4.79 Å². The molecule has 0 spiro atoms. The normalized spacial score (nSPS) is 11.5. The zero-order chi connectivity index (χ0) is 19.3. The van der Waals surface area contributed by atoms with E-state index in [1.54, 1.807) is 11.8 Å². The van der Waals surface area contributed by atoms with E-state index < -0.39 is 11.7 Å². The Kier molecular flexibility index (Phi) is 7.17. The number of alkyl halides is 1. The topological polar surface area (TPSA) is 56.2 Å². The van der Waals surface area contributed by atoms with Crippen molar-refractivity contribution in [1.82, 2.24) is 15.1 Å². The average Bonchev–Trinajstić information content (AvgIpc) is 2.83. The Labute approximate surface area is 168 Å². The summed E-state index contributed by atoms with van der Waals surface area (Å²) in [7, 11) is 0. The molecule has 1 heterocycles. The molecule has 0 aliphatic rings. The van der Waals surface area contributed by atoms with E-state index in [4.69, 9.17) is 4.74 Å². The van der Waals surface area contributed by atoms with Crippen LogP contribution in [0.2, 0.25) is 0 Å². The molecule has 142 valence electrons. The van der Waals surface area contributed by atoms with Gasteiger partial charge in [0.1, 0.15) is 5.60 Å². The second kappa shape index (κ2) is 8.95. The molecule has 0 unspecified atom stereocenters. The number of halogens is 1. The molecule has 1 amide bonds. The number of carbonyl (C=O) groups is 1. The maximum absolute atomic E-state index is 11.8. The van der Waals surface area contributed by atoms with Crippen LogP contribution in [0, 0.1) is 13.8 Å². The number of nitrogens with zero attached hydrogens (tertiary/aromatic N) is 2. The van der Waals surface area contributed by atoms with Crippen LogP contribution in [0.5, 0.6) is 0 Å². The van der Waals surface area contributed by atoms with Crippen molar-refractivity contribution in [3.05, 3.63) is 41.2 Å². The summed E-state index contributed by atoms with van der Waals surface area (Å²) in [5.74, 6) is 0. The molecule has 26 heavy (non-hydrogen) atoms. The van der Waals surface area contributed by atoms with Crippen molar-refractivity contribution in [2.75, 3.05) is 6.54 Å². The molecule has 1 aromatic heterocycles. The smallest absolute Gasteiger partial charge is 0.407 e. The van der Waals surface area contributed by atoms with Crippen LogP contribution in [0.3, 0.4) is 0 Å². The predicted molar refractivity (Wildman–Crippen MR) is 109 cm³/mol. The molecule has 0 aliphatic carbocycles. The highest BCUT2D eigenvalue weighted by atomic mass is 79.9. The molecule has 0 saturated heterocycles. The molecule has 2 aromatic rings. The van der Waals surface area contributed by atoms with E-state index >= 15 is 0 Å². The van der Waals surface area contributed by atoms with Gasteiger partial charge in [0.05, 0.1) is 22.8 Å². The Hall–Kier alpha value is -1.47. The Morgan fingerprint density at radius 2 is 1.92 bits per heavy atom. The number of aromatic nitrogens is 2. The molecular formula is C19H26BrN3O2S. The first kappa shape index (κ1) is 20.8. The largest absolute Gasteiger partial charge is 0.444 e. The molecule has 0 aliphatic heterocycles. The molecular weight excluding hydrogens is 414 g/mol. The number of hydrogen-bond acceptors (Lipinski definition) is 4.